The molecule has 0 aromatic heterocycles. The maximum Gasteiger partial charge on any atom is 0.312 e. The summed E-state index contributed by atoms with van der Waals surface area (Å²) >= 11 is 0. The number of allylic oxidation sites excluding steroid dienone is 1. The summed E-state index contributed by atoms with van der Waals surface area (Å²) < 4.78 is 0. The molecule has 5 nitrogen and oxygen atoms in total. The van der Waals surface area contributed by atoms with E-state index in [0.717, 1.165) is 0 Å². The van der Waals surface area contributed by atoms with E-state index in [1.54, 1.807) is 6.08 Å². The van der Waals surface area contributed by atoms with Crippen LogP contribution in [0.1, 0.15) is 6.42 Å². The smallest absolute Gasteiger partial charge is 0.312 e. The molecule has 0 saturated carbocycles. The second-order valence-electron chi connectivity index (χ2n) is 2.47. The van der Waals surface area contributed by atoms with Crippen molar-refractivity contribution >= 4 is 0 Å². The Labute approximate surface area is 63.5 Å². The van der Waals surface area contributed by atoms with Gasteiger partial charge in [0.15, 0.2) is 0 Å². The summed E-state index contributed by atoms with van der Waals surface area (Å²) in [6, 6.07) is 0. The van der Waals surface area contributed by atoms with Crippen LogP contribution in [0.15, 0.2) is 23.9 Å². The van der Waals surface area contributed by atoms with Gasteiger partial charge in [0.05, 0.1) is 4.92 Å². The fourth-order valence-corrected chi connectivity index (χ4v) is 0.901. The van der Waals surface area contributed by atoms with Gasteiger partial charge >= 0.3 is 5.66 Å². The summed E-state index contributed by atoms with van der Waals surface area (Å²) in [5.41, 5.74) is 9.57. The van der Waals surface area contributed by atoms with Crippen LogP contribution < -0.4 is 11.5 Å². The molecule has 0 bridgehead atoms. The fourth-order valence-electron chi connectivity index (χ4n) is 0.901. The third kappa shape index (κ3) is 1.38. The molecule has 1 rings (SSSR count). The van der Waals surface area contributed by atoms with Crippen molar-refractivity contribution in [2.45, 2.75) is 12.1 Å². The van der Waals surface area contributed by atoms with E-state index in [4.69, 9.17) is 11.5 Å². The Kier molecular flexibility index (Phi) is 1.66. The molecule has 0 saturated heterocycles. The van der Waals surface area contributed by atoms with Gasteiger partial charge in [-0.25, -0.2) is 0 Å². The highest BCUT2D eigenvalue weighted by molar-refractivity contribution is 5.22. The summed E-state index contributed by atoms with van der Waals surface area (Å²) in [7, 11) is 0. The van der Waals surface area contributed by atoms with Crippen LogP contribution in [-0.2, 0) is 0 Å². The monoisotopic (exact) mass is 155 g/mol. The van der Waals surface area contributed by atoms with Gasteiger partial charge < -0.3 is 5.73 Å². The summed E-state index contributed by atoms with van der Waals surface area (Å²) in [5, 5.41) is 10.4. The summed E-state index contributed by atoms with van der Waals surface area (Å²) in [6.07, 6.45) is 4.72. The standard InChI is InChI=1S/C6H9N3O2/c7-5-2-1-3-6(8,4-5)9(10)11/h1,3-4H,2,7-8H2. The van der Waals surface area contributed by atoms with Crippen molar-refractivity contribution in [1.82, 2.24) is 0 Å². The molecule has 1 atom stereocenters. The Morgan fingerprint density at radius 1 is 1.73 bits per heavy atom. The number of hydrogen-bond donors (Lipinski definition) is 2. The predicted octanol–water partition coefficient (Wildman–Crippen LogP) is -0.279. The zero-order chi connectivity index (χ0) is 8.48. The Bertz CT molecular complexity index is 246. The third-order valence-corrected chi connectivity index (χ3v) is 1.47. The molecule has 0 spiro atoms. The molecule has 0 amide bonds. The van der Waals surface area contributed by atoms with Gasteiger partial charge in [0.25, 0.3) is 0 Å². The first-order valence-electron chi connectivity index (χ1n) is 3.13. The molecule has 5 heteroatoms. The summed E-state index contributed by atoms with van der Waals surface area (Å²) in [5.74, 6) is 0. The van der Waals surface area contributed by atoms with Crippen molar-refractivity contribution in [2.24, 2.45) is 11.5 Å². The maximum absolute atomic E-state index is 10.4. The van der Waals surface area contributed by atoms with Crippen molar-refractivity contribution in [1.29, 1.82) is 0 Å². The second kappa shape index (κ2) is 2.35. The highest BCUT2D eigenvalue weighted by Gasteiger charge is 2.33. The van der Waals surface area contributed by atoms with Crippen LogP contribution in [-0.4, -0.2) is 10.6 Å². The molecule has 0 aromatic carbocycles. The molecule has 0 aliphatic heterocycles. The van der Waals surface area contributed by atoms with E-state index in [1.807, 2.05) is 0 Å². The first-order valence-corrected chi connectivity index (χ1v) is 3.13. The fraction of sp³-hybridized carbons (Fsp3) is 0.333. The quantitative estimate of drug-likeness (QED) is 0.235. The lowest BCUT2D eigenvalue weighted by atomic mass is 10.0. The van der Waals surface area contributed by atoms with E-state index in [1.165, 1.54) is 12.2 Å². The van der Waals surface area contributed by atoms with Gasteiger partial charge in [0, 0.05) is 24.3 Å². The van der Waals surface area contributed by atoms with Crippen molar-refractivity contribution < 1.29 is 4.92 Å². The molecule has 1 unspecified atom stereocenters. The van der Waals surface area contributed by atoms with Gasteiger partial charge in [-0.05, 0) is 0 Å². The van der Waals surface area contributed by atoms with Gasteiger partial charge in [-0.1, -0.05) is 6.08 Å². The van der Waals surface area contributed by atoms with Crippen molar-refractivity contribution in [3.8, 4) is 0 Å². The van der Waals surface area contributed by atoms with Crippen LogP contribution in [0.2, 0.25) is 0 Å². The lowest BCUT2D eigenvalue weighted by Gasteiger charge is -2.16. The number of rotatable bonds is 1. The molecule has 4 N–H and O–H groups in total. The van der Waals surface area contributed by atoms with Gasteiger partial charge in [-0.3, -0.25) is 15.8 Å². The summed E-state index contributed by atoms with van der Waals surface area (Å²) in [6.45, 7) is 0. The van der Waals surface area contributed by atoms with Gasteiger partial charge in [0.2, 0.25) is 0 Å². The van der Waals surface area contributed by atoms with Crippen LogP contribution in [0.5, 0.6) is 0 Å². The minimum atomic E-state index is -1.59. The van der Waals surface area contributed by atoms with Crippen LogP contribution >= 0.6 is 0 Å². The molecule has 11 heavy (non-hydrogen) atoms. The van der Waals surface area contributed by atoms with E-state index < -0.39 is 10.6 Å². The molecule has 0 fully saturated rings. The Morgan fingerprint density at radius 3 is 2.73 bits per heavy atom. The number of nitrogens with zero attached hydrogens (tertiary/aromatic N) is 1. The number of hydrogen-bond acceptors (Lipinski definition) is 4. The first-order chi connectivity index (χ1) is 5.04. The average molecular weight is 155 g/mol. The molecule has 0 radical (unpaired) electrons. The van der Waals surface area contributed by atoms with E-state index in [2.05, 4.69) is 0 Å². The van der Waals surface area contributed by atoms with Crippen LogP contribution in [0.4, 0.5) is 0 Å². The molecule has 60 valence electrons. The van der Waals surface area contributed by atoms with E-state index in [0.29, 0.717) is 12.1 Å². The van der Waals surface area contributed by atoms with E-state index in [-0.39, 0.29) is 0 Å². The van der Waals surface area contributed by atoms with E-state index in [9.17, 15) is 10.1 Å². The highest BCUT2D eigenvalue weighted by Crippen LogP contribution is 2.15. The second-order valence-corrected chi connectivity index (χ2v) is 2.47. The van der Waals surface area contributed by atoms with Crippen LogP contribution in [0.3, 0.4) is 0 Å². The molecular weight excluding hydrogens is 146 g/mol. The van der Waals surface area contributed by atoms with Gasteiger partial charge in [0.1, 0.15) is 0 Å². The normalized spacial score (nSPS) is 29.7. The van der Waals surface area contributed by atoms with E-state index >= 15 is 0 Å². The van der Waals surface area contributed by atoms with Crippen molar-refractivity contribution in [2.75, 3.05) is 0 Å². The Balaban J connectivity index is 2.94. The third-order valence-electron chi connectivity index (χ3n) is 1.47. The maximum atomic E-state index is 10.4. The Hall–Kier alpha value is -1.36. The van der Waals surface area contributed by atoms with Gasteiger partial charge in [-0.2, -0.15) is 0 Å². The summed E-state index contributed by atoms with van der Waals surface area (Å²) in [4.78, 5) is 9.78. The molecular formula is C6H9N3O2. The zero-order valence-electron chi connectivity index (χ0n) is 5.86. The lowest BCUT2D eigenvalue weighted by molar-refractivity contribution is -0.539. The predicted molar refractivity (Wildman–Crippen MR) is 39.9 cm³/mol. The minimum Gasteiger partial charge on any atom is -0.402 e. The first kappa shape index (κ1) is 7.74. The average Bonchev–Trinajstić information content (AvgIpc) is 1.86. The highest BCUT2D eigenvalue weighted by atomic mass is 16.6. The number of nitrogens with two attached hydrogens (primary N) is 2. The largest absolute Gasteiger partial charge is 0.402 e. The Morgan fingerprint density at radius 2 is 2.36 bits per heavy atom. The number of nitro groups is 1. The molecule has 0 aromatic rings. The lowest BCUT2D eigenvalue weighted by Crippen LogP contribution is -2.45. The van der Waals surface area contributed by atoms with Crippen molar-refractivity contribution in [3.63, 3.8) is 0 Å². The SMILES string of the molecule is NC1=CC(N)([N+](=O)[O-])C=CC1. The topological polar surface area (TPSA) is 95.2 Å². The van der Waals surface area contributed by atoms with Crippen molar-refractivity contribution in [3.05, 3.63) is 34.0 Å². The van der Waals surface area contributed by atoms with Crippen LogP contribution in [0.25, 0.3) is 0 Å². The molecule has 1 aliphatic carbocycles. The molecule has 1 aliphatic rings. The minimum absolute atomic E-state index is 0.437. The van der Waals surface area contributed by atoms with Gasteiger partial charge in [-0.15, -0.1) is 0 Å². The van der Waals surface area contributed by atoms with Crippen LogP contribution in [0, 0.1) is 10.1 Å². The molecule has 0 heterocycles. The zero-order valence-corrected chi connectivity index (χ0v) is 5.86.